The first kappa shape index (κ1) is 15.4. The average Bonchev–Trinajstić information content (AvgIpc) is 3.05. The molecule has 16 heavy (non-hydrogen) atoms. The highest BCUT2D eigenvalue weighted by Crippen LogP contribution is 2.40. The van der Waals surface area contributed by atoms with Crippen LogP contribution in [0.4, 0.5) is 0 Å². The zero-order valence-electron chi connectivity index (χ0n) is 11.4. The van der Waals surface area contributed by atoms with Crippen LogP contribution in [-0.4, -0.2) is 25.2 Å². The maximum Gasteiger partial charge on any atom is 0.217 e. The van der Waals surface area contributed by atoms with E-state index in [4.69, 9.17) is 4.74 Å². The molecule has 1 N–H and O–H groups in total. The van der Waals surface area contributed by atoms with Crippen LogP contribution in [0.1, 0.15) is 47.5 Å². The molecule has 1 saturated carbocycles. The topological polar surface area (TPSA) is 38.3 Å². The van der Waals surface area contributed by atoms with Crippen LogP contribution in [0.3, 0.4) is 0 Å². The lowest BCUT2D eigenvalue weighted by atomic mass is 9.98. The number of amides is 1. The maximum atomic E-state index is 10.8. The van der Waals surface area contributed by atoms with Gasteiger partial charge in [-0.3, -0.25) is 4.79 Å². The predicted octanol–water partition coefficient (Wildman–Crippen LogP) is 2.60. The monoisotopic (exact) mass is 229 g/mol. The molecule has 1 aliphatic carbocycles. The van der Waals surface area contributed by atoms with E-state index in [1.807, 2.05) is 27.7 Å². The van der Waals surface area contributed by atoms with Gasteiger partial charge in [0.15, 0.2) is 0 Å². The van der Waals surface area contributed by atoms with Crippen molar-refractivity contribution in [3.8, 4) is 0 Å². The quantitative estimate of drug-likeness (QED) is 0.790. The van der Waals surface area contributed by atoms with Gasteiger partial charge >= 0.3 is 0 Å². The summed E-state index contributed by atoms with van der Waals surface area (Å²) in [5.74, 6) is 1.48. The Balaban J connectivity index is 0.000000509. The predicted molar refractivity (Wildman–Crippen MR) is 67.3 cm³/mol. The Morgan fingerprint density at radius 2 is 1.69 bits per heavy atom. The lowest BCUT2D eigenvalue weighted by Gasteiger charge is -2.16. The van der Waals surface area contributed by atoms with Crippen molar-refractivity contribution in [3.63, 3.8) is 0 Å². The molecule has 0 aromatic heterocycles. The highest BCUT2D eigenvalue weighted by molar-refractivity contribution is 5.73. The third-order valence-corrected chi connectivity index (χ3v) is 2.74. The Labute approximate surface area is 99.9 Å². The fourth-order valence-corrected chi connectivity index (χ4v) is 1.97. The number of nitrogens with one attached hydrogen (secondary N) is 1. The van der Waals surface area contributed by atoms with Crippen molar-refractivity contribution in [3.05, 3.63) is 0 Å². The van der Waals surface area contributed by atoms with Crippen molar-refractivity contribution >= 4 is 5.91 Å². The highest BCUT2D eigenvalue weighted by Gasteiger charge is 2.40. The minimum absolute atomic E-state index is 0.0659. The Bertz CT molecular complexity index is 190. The van der Waals surface area contributed by atoms with Crippen molar-refractivity contribution in [1.29, 1.82) is 0 Å². The largest absolute Gasteiger partial charge is 0.379 e. The van der Waals surface area contributed by atoms with E-state index in [2.05, 4.69) is 5.32 Å². The zero-order chi connectivity index (χ0) is 12.6. The van der Waals surface area contributed by atoms with Gasteiger partial charge < -0.3 is 10.1 Å². The van der Waals surface area contributed by atoms with Crippen molar-refractivity contribution in [1.82, 2.24) is 5.32 Å². The molecular weight excluding hydrogens is 202 g/mol. The summed E-state index contributed by atoms with van der Waals surface area (Å²) in [6, 6.07) is 0.287. The number of hydrogen-bond donors (Lipinski definition) is 1. The minimum Gasteiger partial charge on any atom is -0.379 e. The number of rotatable bonds is 2. The smallest absolute Gasteiger partial charge is 0.217 e. The molecule has 2 aliphatic rings. The molecule has 2 fully saturated rings. The van der Waals surface area contributed by atoms with E-state index in [0.29, 0.717) is 12.5 Å². The van der Waals surface area contributed by atoms with Crippen LogP contribution >= 0.6 is 0 Å². The van der Waals surface area contributed by atoms with Gasteiger partial charge in [0, 0.05) is 12.8 Å². The third-order valence-electron chi connectivity index (χ3n) is 2.74. The molecule has 2 unspecified atom stereocenters. The summed E-state index contributed by atoms with van der Waals surface area (Å²) in [5, 5.41) is 2.95. The molecule has 0 aromatic carbocycles. The van der Waals surface area contributed by atoms with Crippen molar-refractivity contribution in [2.24, 2.45) is 11.8 Å². The number of hydrogen-bond acceptors (Lipinski definition) is 2. The molecule has 96 valence electrons. The van der Waals surface area contributed by atoms with Crippen LogP contribution in [0.2, 0.25) is 0 Å². The number of ether oxygens (including phenoxy) is 1. The summed E-state index contributed by atoms with van der Waals surface area (Å²) in [6.07, 6.45) is 2.65. The van der Waals surface area contributed by atoms with E-state index >= 15 is 0 Å². The first-order valence-electron chi connectivity index (χ1n) is 6.62. The van der Waals surface area contributed by atoms with Gasteiger partial charge in [-0.15, -0.1) is 0 Å². The fraction of sp³-hybridized carbons (Fsp3) is 0.923. The normalized spacial score (nSPS) is 27.1. The molecule has 0 radical (unpaired) electrons. The third kappa shape index (κ3) is 4.97. The van der Waals surface area contributed by atoms with E-state index in [9.17, 15) is 4.79 Å². The SMILES string of the molecule is CC.CC.CC(=O)NC1COCC1C1CC1. The van der Waals surface area contributed by atoms with Crippen molar-refractivity contribution in [2.75, 3.05) is 13.2 Å². The standard InChI is InChI=1S/C9H15NO2.2C2H6/c1-6(11)10-9-5-12-4-8(9)7-2-3-7;2*1-2/h7-9H,2-5H2,1H3,(H,10,11);2*1-2H3. The number of carbonyl (C=O) groups is 1. The first-order valence-corrected chi connectivity index (χ1v) is 6.62. The summed E-state index contributed by atoms with van der Waals surface area (Å²) in [5.41, 5.74) is 0. The van der Waals surface area contributed by atoms with Crippen LogP contribution in [0.25, 0.3) is 0 Å². The van der Waals surface area contributed by atoms with Gasteiger partial charge in [-0.25, -0.2) is 0 Å². The van der Waals surface area contributed by atoms with E-state index < -0.39 is 0 Å². The van der Waals surface area contributed by atoms with Crippen LogP contribution < -0.4 is 5.32 Å². The van der Waals surface area contributed by atoms with E-state index in [1.54, 1.807) is 6.92 Å². The molecule has 1 heterocycles. The Morgan fingerprint density at radius 1 is 1.12 bits per heavy atom. The highest BCUT2D eigenvalue weighted by atomic mass is 16.5. The molecule has 3 heteroatoms. The second-order valence-corrected chi connectivity index (χ2v) is 3.85. The lowest BCUT2D eigenvalue weighted by molar-refractivity contribution is -0.119. The molecule has 1 aliphatic heterocycles. The summed E-state index contributed by atoms with van der Waals surface area (Å²) in [6.45, 7) is 11.1. The van der Waals surface area contributed by atoms with Gasteiger partial charge in [0.1, 0.15) is 0 Å². The van der Waals surface area contributed by atoms with Gasteiger partial charge in [0.05, 0.1) is 19.3 Å². The van der Waals surface area contributed by atoms with Crippen LogP contribution in [0, 0.1) is 11.8 Å². The van der Waals surface area contributed by atoms with Gasteiger partial charge in [0.2, 0.25) is 5.91 Å². The molecule has 1 saturated heterocycles. The van der Waals surface area contributed by atoms with Crippen molar-refractivity contribution in [2.45, 2.75) is 53.5 Å². The molecule has 0 aromatic rings. The first-order chi connectivity index (χ1) is 7.77. The van der Waals surface area contributed by atoms with Gasteiger partial charge in [0.25, 0.3) is 0 Å². The van der Waals surface area contributed by atoms with Gasteiger partial charge in [-0.2, -0.15) is 0 Å². The average molecular weight is 229 g/mol. The summed E-state index contributed by atoms with van der Waals surface area (Å²) in [4.78, 5) is 10.8. The van der Waals surface area contributed by atoms with Gasteiger partial charge in [-0.1, -0.05) is 27.7 Å². The molecule has 2 rings (SSSR count). The fourth-order valence-electron chi connectivity index (χ4n) is 1.97. The minimum atomic E-state index is 0.0659. The molecular formula is C13H27NO2. The zero-order valence-corrected chi connectivity index (χ0v) is 11.4. The maximum absolute atomic E-state index is 10.8. The van der Waals surface area contributed by atoms with E-state index in [1.165, 1.54) is 12.8 Å². The van der Waals surface area contributed by atoms with Crippen molar-refractivity contribution < 1.29 is 9.53 Å². The van der Waals surface area contributed by atoms with Crippen LogP contribution in [-0.2, 0) is 9.53 Å². The molecule has 1 amide bonds. The summed E-state index contributed by atoms with van der Waals surface area (Å²) in [7, 11) is 0. The summed E-state index contributed by atoms with van der Waals surface area (Å²) >= 11 is 0. The lowest BCUT2D eigenvalue weighted by Crippen LogP contribution is -2.39. The second kappa shape index (κ2) is 8.57. The Kier molecular flexibility index (Phi) is 8.26. The molecule has 0 spiro atoms. The molecule has 3 nitrogen and oxygen atoms in total. The van der Waals surface area contributed by atoms with Crippen LogP contribution in [0.15, 0.2) is 0 Å². The Hall–Kier alpha value is -0.570. The molecule has 2 atom stereocenters. The van der Waals surface area contributed by atoms with Gasteiger partial charge in [-0.05, 0) is 18.8 Å². The second-order valence-electron chi connectivity index (χ2n) is 3.85. The summed E-state index contributed by atoms with van der Waals surface area (Å²) < 4.78 is 5.36. The number of carbonyl (C=O) groups excluding carboxylic acids is 1. The Morgan fingerprint density at radius 3 is 2.12 bits per heavy atom. The van der Waals surface area contributed by atoms with E-state index in [-0.39, 0.29) is 11.9 Å². The van der Waals surface area contributed by atoms with E-state index in [0.717, 1.165) is 12.5 Å². The van der Waals surface area contributed by atoms with Crippen LogP contribution in [0.5, 0.6) is 0 Å². The molecule has 0 bridgehead atoms.